The first-order valence-electron chi connectivity index (χ1n) is 15.9. The van der Waals surface area contributed by atoms with Gasteiger partial charge in [0, 0.05) is 46.9 Å². The first-order chi connectivity index (χ1) is 21.9. The Kier molecular flexibility index (Phi) is 7.86. The molecule has 1 fully saturated rings. The number of H-pyrrole nitrogens is 2. The molecule has 0 atom stereocenters. The average molecular weight is 602 g/mol. The van der Waals surface area contributed by atoms with E-state index in [1.54, 1.807) is 6.20 Å². The van der Waals surface area contributed by atoms with Crippen molar-refractivity contribution < 1.29 is 9.53 Å². The Morgan fingerprint density at radius 1 is 1.00 bits per heavy atom. The molecule has 7 rings (SSSR count). The van der Waals surface area contributed by atoms with Gasteiger partial charge < -0.3 is 15.0 Å². The molecule has 1 saturated heterocycles. The Bertz CT molecular complexity index is 1940. The molecule has 0 unspecified atom stereocenters. The van der Waals surface area contributed by atoms with E-state index in [4.69, 9.17) is 9.72 Å². The quantitative estimate of drug-likeness (QED) is 0.183. The summed E-state index contributed by atoms with van der Waals surface area (Å²) in [7, 11) is 0. The van der Waals surface area contributed by atoms with Gasteiger partial charge in [-0.1, -0.05) is 24.5 Å². The number of pyridine rings is 1. The lowest BCUT2D eigenvalue weighted by atomic mass is 9.91. The molecule has 0 bridgehead atoms. The molecule has 0 saturated carbocycles. The van der Waals surface area contributed by atoms with Crippen LogP contribution in [0.2, 0.25) is 0 Å². The number of fused-ring (bicyclic) bond motifs is 5. The van der Waals surface area contributed by atoms with Crippen LogP contribution in [0.25, 0.3) is 33.1 Å². The summed E-state index contributed by atoms with van der Waals surface area (Å²) in [5, 5.41) is 13.2. The first kappa shape index (κ1) is 29.2. The fourth-order valence-electron chi connectivity index (χ4n) is 6.56. The molecule has 5 aromatic rings. The average Bonchev–Trinajstić information content (AvgIpc) is 3.60. The minimum absolute atomic E-state index is 0.143. The first-order valence-corrected chi connectivity index (χ1v) is 15.9. The Hall–Kier alpha value is -4.52. The van der Waals surface area contributed by atoms with E-state index >= 15 is 0 Å². The summed E-state index contributed by atoms with van der Waals surface area (Å²) in [4.78, 5) is 28.5. The Labute approximate surface area is 263 Å². The Morgan fingerprint density at radius 3 is 2.51 bits per heavy atom. The minimum atomic E-state index is -0.634. The van der Waals surface area contributed by atoms with Gasteiger partial charge in [-0.3, -0.25) is 14.8 Å². The van der Waals surface area contributed by atoms with Gasteiger partial charge in [-0.15, -0.1) is 0 Å². The van der Waals surface area contributed by atoms with Crippen molar-refractivity contribution in [1.29, 1.82) is 0 Å². The lowest BCUT2D eigenvalue weighted by molar-refractivity contribution is 0.0443. The number of benzene rings is 2. The highest BCUT2D eigenvalue weighted by molar-refractivity contribution is 6.10. The van der Waals surface area contributed by atoms with E-state index in [0.29, 0.717) is 12.1 Å². The van der Waals surface area contributed by atoms with Gasteiger partial charge in [0.1, 0.15) is 11.5 Å². The lowest BCUT2D eigenvalue weighted by Gasteiger charge is -2.24. The summed E-state index contributed by atoms with van der Waals surface area (Å²) in [5.74, 6) is 7.36. The van der Waals surface area contributed by atoms with E-state index in [1.165, 1.54) is 22.9 Å². The van der Waals surface area contributed by atoms with Crippen LogP contribution in [0.3, 0.4) is 0 Å². The number of ether oxygens (including phenoxy) is 1. The largest absolute Gasteiger partial charge is 0.379 e. The van der Waals surface area contributed by atoms with E-state index in [0.717, 1.165) is 96.9 Å². The Balaban J connectivity index is 1.24. The maximum Gasteiger partial charge on any atom is 0.252 e. The number of hydrogen-bond donors (Lipinski definition) is 3. The maximum atomic E-state index is 13.2. The highest BCUT2D eigenvalue weighted by Crippen LogP contribution is 2.38. The molecule has 0 radical (unpaired) electrons. The molecule has 1 aliphatic carbocycles. The number of nitrogens with zero attached hydrogens (tertiary/aromatic N) is 4. The normalized spacial score (nSPS) is 15.8. The van der Waals surface area contributed by atoms with Gasteiger partial charge in [-0.25, -0.2) is 9.97 Å². The minimum Gasteiger partial charge on any atom is -0.379 e. The van der Waals surface area contributed by atoms with Gasteiger partial charge in [0.15, 0.2) is 0 Å². The highest BCUT2D eigenvalue weighted by Gasteiger charge is 2.27. The van der Waals surface area contributed by atoms with Crippen LogP contribution in [-0.4, -0.2) is 68.8 Å². The van der Waals surface area contributed by atoms with Gasteiger partial charge in [-0.05, 0) is 87.8 Å². The zero-order valence-corrected chi connectivity index (χ0v) is 26.2. The number of aryl methyl sites for hydroxylation is 2. The van der Waals surface area contributed by atoms with Crippen LogP contribution in [0, 0.1) is 18.8 Å². The summed E-state index contributed by atoms with van der Waals surface area (Å²) >= 11 is 0. The second-order valence-corrected chi connectivity index (χ2v) is 12.7. The van der Waals surface area contributed by atoms with Crippen LogP contribution in [0.5, 0.6) is 0 Å². The number of aromatic amines is 2. The third-order valence-electron chi connectivity index (χ3n) is 9.00. The summed E-state index contributed by atoms with van der Waals surface area (Å²) in [6.07, 6.45) is 7.20. The fourth-order valence-corrected chi connectivity index (χ4v) is 6.56. The SMILES string of the molecule is Cc1cnc(C(C)(C)NC(=O)c2ccc(-c3nc4ccc5n[nH]c(C#CCN6CCOCC6)c5c4c4c3CCCCC4)cc2)[nH]1. The van der Waals surface area contributed by atoms with Gasteiger partial charge >= 0.3 is 0 Å². The molecule has 230 valence electrons. The molecule has 2 aromatic carbocycles. The third-order valence-corrected chi connectivity index (χ3v) is 9.00. The molecule has 4 heterocycles. The van der Waals surface area contributed by atoms with Gasteiger partial charge in [0.2, 0.25) is 0 Å². The van der Waals surface area contributed by atoms with E-state index < -0.39 is 5.54 Å². The number of carbonyl (C=O) groups excluding carboxylic acids is 1. The van der Waals surface area contributed by atoms with Crippen LogP contribution in [-0.2, 0) is 23.1 Å². The molecule has 2 aliphatic rings. The van der Waals surface area contributed by atoms with Crippen molar-refractivity contribution in [2.75, 3.05) is 32.8 Å². The van der Waals surface area contributed by atoms with E-state index in [1.807, 2.05) is 51.1 Å². The summed E-state index contributed by atoms with van der Waals surface area (Å²) < 4.78 is 5.48. The molecule has 45 heavy (non-hydrogen) atoms. The van der Waals surface area contributed by atoms with Crippen LogP contribution in [0.1, 0.15) is 71.8 Å². The number of amides is 1. The van der Waals surface area contributed by atoms with Crippen molar-refractivity contribution in [3.05, 3.63) is 76.5 Å². The topological polar surface area (TPSA) is 112 Å². The number of morpholine rings is 1. The van der Waals surface area contributed by atoms with Crippen molar-refractivity contribution in [3.8, 4) is 23.1 Å². The number of rotatable bonds is 5. The summed E-state index contributed by atoms with van der Waals surface area (Å²) in [5.41, 5.74) is 8.32. The molecular weight excluding hydrogens is 562 g/mol. The van der Waals surface area contributed by atoms with Crippen molar-refractivity contribution in [3.63, 3.8) is 0 Å². The van der Waals surface area contributed by atoms with Crippen LogP contribution in [0.15, 0.2) is 42.6 Å². The molecule has 3 N–H and O–H groups in total. The number of nitrogens with one attached hydrogen (secondary N) is 3. The maximum absolute atomic E-state index is 13.2. The summed E-state index contributed by atoms with van der Waals surface area (Å²) in [6, 6.07) is 12.0. The van der Waals surface area contributed by atoms with Crippen molar-refractivity contribution in [1.82, 2.24) is 35.4 Å². The van der Waals surface area contributed by atoms with Gasteiger partial charge in [0.05, 0.1) is 42.0 Å². The van der Waals surface area contributed by atoms with Crippen LogP contribution in [0.4, 0.5) is 0 Å². The number of carbonyl (C=O) groups is 1. The van der Waals surface area contributed by atoms with Crippen molar-refractivity contribution >= 4 is 27.7 Å². The molecule has 3 aromatic heterocycles. The van der Waals surface area contributed by atoms with E-state index in [-0.39, 0.29) is 5.91 Å². The van der Waals surface area contributed by atoms with Crippen molar-refractivity contribution in [2.24, 2.45) is 0 Å². The van der Waals surface area contributed by atoms with Gasteiger partial charge in [0.25, 0.3) is 5.91 Å². The second kappa shape index (κ2) is 12.1. The third kappa shape index (κ3) is 5.84. The van der Waals surface area contributed by atoms with Crippen LogP contribution >= 0.6 is 0 Å². The summed E-state index contributed by atoms with van der Waals surface area (Å²) in [6.45, 7) is 9.91. The molecule has 1 aliphatic heterocycles. The smallest absolute Gasteiger partial charge is 0.252 e. The predicted octanol–water partition coefficient (Wildman–Crippen LogP) is 5.43. The fraction of sp³-hybridized carbons (Fsp3) is 0.389. The second-order valence-electron chi connectivity index (χ2n) is 12.7. The number of imidazole rings is 1. The lowest BCUT2D eigenvalue weighted by Crippen LogP contribution is -2.41. The Morgan fingerprint density at radius 2 is 1.76 bits per heavy atom. The van der Waals surface area contributed by atoms with Crippen LogP contribution < -0.4 is 5.32 Å². The van der Waals surface area contributed by atoms with Crippen molar-refractivity contribution in [2.45, 2.75) is 58.4 Å². The van der Waals surface area contributed by atoms with Gasteiger partial charge in [-0.2, -0.15) is 5.10 Å². The molecule has 0 spiro atoms. The predicted molar refractivity (Wildman–Crippen MR) is 176 cm³/mol. The number of aromatic nitrogens is 5. The highest BCUT2D eigenvalue weighted by atomic mass is 16.5. The number of hydrogen-bond acceptors (Lipinski definition) is 6. The monoisotopic (exact) mass is 601 g/mol. The molecule has 9 heteroatoms. The molecular formula is C36H39N7O2. The molecule has 9 nitrogen and oxygen atoms in total. The van der Waals surface area contributed by atoms with E-state index in [9.17, 15) is 4.79 Å². The zero-order valence-electron chi connectivity index (χ0n) is 26.2. The standard InChI is InChI=1S/C36H39N7O2/c1-23-22-37-35(38-23)36(2,3)40-34(44)25-13-11-24(12-14-25)33-27-9-6-4-5-8-26(27)31-28(39-33)15-16-30-32(31)29(41-42-30)10-7-17-43-18-20-45-21-19-43/h11-16,22H,4-6,8-9,17-21H2,1-3H3,(H,37,38)(H,40,44)(H,41,42). The zero-order chi connectivity index (χ0) is 31.0. The van der Waals surface area contributed by atoms with E-state index in [2.05, 4.69) is 48.3 Å². The molecule has 1 amide bonds.